The highest BCUT2D eigenvalue weighted by Gasteiger charge is 2.26. The lowest BCUT2D eigenvalue weighted by atomic mass is 10.0. The second kappa shape index (κ2) is 10.5. The number of methoxy groups -OCH3 is 2. The van der Waals surface area contributed by atoms with E-state index in [4.69, 9.17) is 14.6 Å². The summed E-state index contributed by atoms with van der Waals surface area (Å²) in [5.41, 5.74) is 1.11. The summed E-state index contributed by atoms with van der Waals surface area (Å²) in [7, 11) is 2.86. The molecule has 2 atom stereocenters. The molecular formula is C20H23NO5S. The van der Waals surface area contributed by atoms with Crippen LogP contribution in [-0.2, 0) is 16.0 Å². The summed E-state index contributed by atoms with van der Waals surface area (Å²) >= 11 is 1.59. The van der Waals surface area contributed by atoms with Gasteiger partial charge in [0.2, 0.25) is 0 Å². The van der Waals surface area contributed by atoms with Crippen molar-refractivity contribution < 1.29 is 24.2 Å². The molecule has 2 rings (SSSR count). The molecule has 2 aromatic rings. The molecule has 0 spiro atoms. The van der Waals surface area contributed by atoms with Crippen molar-refractivity contribution in [3.63, 3.8) is 0 Å². The van der Waals surface area contributed by atoms with Gasteiger partial charge in [-0.3, -0.25) is 0 Å². The maximum atomic E-state index is 12.0. The van der Waals surface area contributed by atoms with E-state index in [1.807, 2.05) is 54.6 Å². The van der Waals surface area contributed by atoms with E-state index in [2.05, 4.69) is 5.32 Å². The Labute approximate surface area is 162 Å². The van der Waals surface area contributed by atoms with E-state index in [0.29, 0.717) is 12.8 Å². The third-order valence-corrected chi connectivity index (χ3v) is 5.19. The minimum Gasteiger partial charge on any atom is -0.497 e. The Kier molecular flexibility index (Phi) is 8.00. The van der Waals surface area contributed by atoms with Crippen molar-refractivity contribution in [3.8, 4) is 5.75 Å². The van der Waals surface area contributed by atoms with Crippen LogP contribution in [0, 0.1) is 0 Å². The van der Waals surface area contributed by atoms with E-state index < -0.39 is 18.1 Å². The summed E-state index contributed by atoms with van der Waals surface area (Å²) in [6.45, 7) is 0. The fraction of sp³-hybridized carbons (Fsp3) is 0.300. The lowest BCUT2D eigenvalue weighted by Gasteiger charge is -2.22. The molecule has 0 fully saturated rings. The van der Waals surface area contributed by atoms with Crippen LogP contribution >= 0.6 is 11.8 Å². The van der Waals surface area contributed by atoms with Gasteiger partial charge in [-0.2, -0.15) is 0 Å². The first-order valence-corrected chi connectivity index (χ1v) is 9.31. The van der Waals surface area contributed by atoms with Gasteiger partial charge in [-0.15, -0.1) is 11.8 Å². The first kappa shape index (κ1) is 20.6. The minimum atomic E-state index is -1.25. The average Bonchev–Trinajstić information content (AvgIpc) is 2.67. The molecule has 0 saturated heterocycles. The maximum absolute atomic E-state index is 12.0. The first-order chi connectivity index (χ1) is 13.0. The number of hydrogen-bond acceptors (Lipinski definition) is 5. The molecule has 0 radical (unpaired) electrons. The molecule has 1 amide bonds. The van der Waals surface area contributed by atoms with Gasteiger partial charge in [0, 0.05) is 10.1 Å². The second-order valence-corrected chi connectivity index (χ2v) is 7.24. The van der Waals surface area contributed by atoms with E-state index in [1.54, 1.807) is 18.9 Å². The van der Waals surface area contributed by atoms with E-state index in [1.165, 1.54) is 7.11 Å². The summed E-state index contributed by atoms with van der Waals surface area (Å²) in [6, 6.07) is 16.6. The van der Waals surface area contributed by atoms with Crippen molar-refractivity contribution in [2.24, 2.45) is 0 Å². The van der Waals surface area contributed by atoms with Gasteiger partial charge in [0.1, 0.15) is 11.8 Å². The number of ether oxygens (including phenoxy) is 2. The van der Waals surface area contributed by atoms with Gasteiger partial charge >= 0.3 is 12.1 Å². The predicted octanol–water partition coefficient (Wildman–Crippen LogP) is 3.60. The van der Waals surface area contributed by atoms with Gasteiger partial charge in [-0.05, 0) is 42.7 Å². The molecule has 6 nitrogen and oxygen atoms in total. The Morgan fingerprint density at radius 1 is 1.07 bits per heavy atom. The standard InChI is InChI=1S/C20H23NO5S/c1-25-15-8-10-16(11-9-15)27-17(12-14-6-4-3-5-7-14)13-18(19(22)26-2)21-20(23)24/h3-11,17-18,21H,12-13H2,1-2H3,(H,23,24). The molecule has 7 heteroatoms. The number of rotatable bonds is 9. The highest BCUT2D eigenvalue weighted by Crippen LogP contribution is 2.30. The van der Waals surface area contributed by atoms with Crippen LogP contribution in [0.15, 0.2) is 59.5 Å². The predicted molar refractivity (Wildman–Crippen MR) is 104 cm³/mol. The number of hydrogen-bond donors (Lipinski definition) is 2. The van der Waals surface area contributed by atoms with Gasteiger partial charge in [0.25, 0.3) is 0 Å². The third kappa shape index (κ3) is 6.86. The molecule has 2 aromatic carbocycles. The molecule has 0 heterocycles. The maximum Gasteiger partial charge on any atom is 0.405 e. The largest absolute Gasteiger partial charge is 0.497 e. The van der Waals surface area contributed by atoms with Crippen LogP contribution in [0.25, 0.3) is 0 Å². The van der Waals surface area contributed by atoms with Crippen LogP contribution < -0.4 is 10.1 Å². The first-order valence-electron chi connectivity index (χ1n) is 8.43. The Hall–Kier alpha value is -2.67. The van der Waals surface area contributed by atoms with Crippen LogP contribution in [0.5, 0.6) is 5.75 Å². The molecule has 0 aliphatic heterocycles. The zero-order valence-corrected chi connectivity index (χ0v) is 16.1. The van der Waals surface area contributed by atoms with Crippen molar-refractivity contribution in [2.45, 2.75) is 29.0 Å². The number of carbonyl (C=O) groups is 2. The van der Waals surface area contributed by atoms with Crippen LogP contribution in [0.3, 0.4) is 0 Å². The number of nitrogens with one attached hydrogen (secondary N) is 1. The Balaban J connectivity index is 2.18. The van der Waals surface area contributed by atoms with E-state index in [0.717, 1.165) is 16.2 Å². The van der Waals surface area contributed by atoms with Crippen LogP contribution in [0.2, 0.25) is 0 Å². The molecule has 0 aliphatic rings. The van der Waals surface area contributed by atoms with E-state index in [-0.39, 0.29) is 5.25 Å². The van der Waals surface area contributed by atoms with Crippen LogP contribution in [0.1, 0.15) is 12.0 Å². The minimum absolute atomic E-state index is 0.0308. The molecule has 0 saturated carbocycles. The lowest BCUT2D eigenvalue weighted by Crippen LogP contribution is -2.42. The molecule has 0 aromatic heterocycles. The number of thioether (sulfide) groups is 1. The SMILES string of the molecule is COC(=O)C(CC(Cc1ccccc1)Sc1ccc(OC)cc1)NC(=O)O. The van der Waals surface area contributed by atoms with Crippen molar-refractivity contribution in [1.82, 2.24) is 5.32 Å². The van der Waals surface area contributed by atoms with Crippen LogP contribution in [-0.4, -0.2) is 42.7 Å². The zero-order valence-electron chi connectivity index (χ0n) is 15.3. The van der Waals surface area contributed by atoms with Gasteiger partial charge in [-0.25, -0.2) is 9.59 Å². The van der Waals surface area contributed by atoms with Crippen molar-refractivity contribution in [2.75, 3.05) is 14.2 Å². The number of benzene rings is 2. The number of carboxylic acid groups (broad SMARTS) is 1. The van der Waals surface area contributed by atoms with E-state index in [9.17, 15) is 9.59 Å². The van der Waals surface area contributed by atoms with E-state index >= 15 is 0 Å². The molecular weight excluding hydrogens is 366 g/mol. The fourth-order valence-corrected chi connectivity index (χ4v) is 3.91. The Morgan fingerprint density at radius 3 is 2.30 bits per heavy atom. The number of esters is 1. The average molecular weight is 389 g/mol. The highest BCUT2D eigenvalue weighted by molar-refractivity contribution is 8.00. The normalized spacial score (nSPS) is 12.7. The van der Waals surface area contributed by atoms with Crippen molar-refractivity contribution in [1.29, 1.82) is 0 Å². The molecule has 2 unspecified atom stereocenters. The molecule has 0 aliphatic carbocycles. The Bertz CT molecular complexity index is 736. The molecule has 27 heavy (non-hydrogen) atoms. The summed E-state index contributed by atoms with van der Waals surface area (Å²) in [6.07, 6.45) is -0.255. The quantitative estimate of drug-likeness (QED) is 0.504. The molecule has 144 valence electrons. The van der Waals surface area contributed by atoms with Crippen molar-refractivity contribution >= 4 is 23.8 Å². The second-order valence-electron chi connectivity index (χ2n) is 5.87. The summed E-state index contributed by atoms with van der Waals surface area (Å²) in [4.78, 5) is 24.1. The van der Waals surface area contributed by atoms with Gasteiger partial charge in [0.15, 0.2) is 0 Å². The molecule has 2 N–H and O–H groups in total. The topological polar surface area (TPSA) is 84.9 Å². The highest BCUT2D eigenvalue weighted by atomic mass is 32.2. The monoisotopic (exact) mass is 389 g/mol. The summed E-state index contributed by atoms with van der Waals surface area (Å²) < 4.78 is 9.93. The lowest BCUT2D eigenvalue weighted by molar-refractivity contribution is -0.143. The fourth-order valence-electron chi connectivity index (χ4n) is 2.67. The number of amides is 1. The number of carbonyl (C=O) groups excluding carboxylic acids is 1. The van der Waals surface area contributed by atoms with Gasteiger partial charge < -0.3 is 19.9 Å². The molecule has 0 bridgehead atoms. The van der Waals surface area contributed by atoms with Gasteiger partial charge in [-0.1, -0.05) is 30.3 Å². The smallest absolute Gasteiger partial charge is 0.405 e. The van der Waals surface area contributed by atoms with Crippen molar-refractivity contribution in [3.05, 3.63) is 60.2 Å². The van der Waals surface area contributed by atoms with Crippen LogP contribution in [0.4, 0.5) is 4.79 Å². The zero-order chi connectivity index (χ0) is 19.6. The Morgan fingerprint density at radius 2 is 1.74 bits per heavy atom. The summed E-state index contributed by atoms with van der Waals surface area (Å²) in [5.74, 6) is 0.171. The van der Waals surface area contributed by atoms with Gasteiger partial charge in [0.05, 0.1) is 14.2 Å². The summed E-state index contributed by atoms with van der Waals surface area (Å²) in [5, 5.41) is 11.3. The third-order valence-electron chi connectivity index (χ3n) is 3.95.